The van der Waals surface area contributed by atoms with E-state index in [2.05, 4.69) is 37.2 Å². The van der Waals surface area contributed by atoms with Gasteiger partial charge in [-0.15, -0.1) is 0 Å². The first-order chi connectivity index (χ1) is 18.7. The number of carbonyl (C=O) groups is 1. The van der Waals surface area contributed by atoms with Crippen molar-refractivity contribution in [3.8, 4) is 0 Å². The van der Waals surface area contributed by atoms with Gasteiger partial charge >= 0.3 is 6.18 Å². The van der Waals surface area contributed by atoms with Crippen molar-refractivity contribution >= 4 is 24.3 Å². The first-order valence-electron chi connectivity index (χ1n) is 12.5. The number of piperidine rings is 1. The summed E-state index contributed by atoms with van der Waals surface area (Å²) in [7, 11) is 1.97. The highest BCUT2D eigenvalue weighted by Gasteiger charge is 2.31. The molecule has 2 aliphatic heterocycles. The van der Waals surface area contributed by atoms with E-state index in [1.165, 1.54) is 0 Å². The van der Waals surface area contributed by atoms with Gasteiger partial charge in [0.1, 0.15) is 17.4 Å². The summed E-state index contributed by atoms with van der Waals surface area (Å²) in [5, 5.41) is 5.78. The Kier molecular flexibility index (Phi) is 8.77. The van der Waals surface area contributed by atoms with Crippen LogP contribution < -0.4 is 16.4 Å². The summed E-state index contributed by atoms with van der Waals surface area (Å²) in [4.78, 5) is 29.5. The number of nitrogens with two attached hydrogens (primary N) is 1. The van der Waals surface area contributed by atoms with E-state index in [1.54, 1.807) is 24.4 Å². The molecule has 0 radical (unpaired) electrons. The van der Waals surface area contributed by atoms with Gasteiger partial charge in [0.2, 0.25) is 0 Å². The fourth-order valence-corrected chi connectivity index (χ4v) is 4.63. The van der Waals surface area contributed by atoms with Crippen molar-refractivity contribution in [1.82, 2.24) is 20.1 Å². The monoisotopic (exact) mass is 540 g/mol. The Bertz CT molecular complexity index is 1290. The molecule has 0 aromatic carbocycles. The predicted octanol–water partition coefficient (Wildman–Crippen LogP) is 3.55. The van der Waals surface area contributed by atoms with Crippen molar-refractivity contribution in [3.63, 3.8) is 0 Å². The van der Waals surface area contributed by atoms with E-state index in [4.69, 9.17) is 5.73 Å². The number of anilines is 1. The van der Waals surface area contributed by atoms with Crippen LogP contribution in [0.25, 0.3) is 0 Å². The average molecular weight is 541 g/mol. The molecule has 9 nitrogen and oxygen atoms in total. The number of amides is 1. The zero-order valence-electron chi connectivity index (χ0n) is 21.6. The van der Waals surface area contributed by atoms with Gasteiger partial charge in [-0.05, 0) is 63.4 Å². The number of likely N-dealkylation sites (tertiary alicyclic amines) is 1. The quantitative estimate of drug-likeness (QED) is 0.457. The van der Waals surface area contributed by atoms with Gasteiger partial charge in [0, 0.05) is 36.8 Å². The van der Waals surface area contributed by atoms with Crippen LogP contribution in [0.5, 0.6) is 0 Å². The highest BCUT2D eigenvalue weighted by atomic mass is 19.4. The topological polar surface area (TPSA) is 111 Å². The lowest BCUT2D eigenvalue weighted by Gasteiger charge is -2.37. The van der Waals surface area contributed by atoms with Gasteiger partial charge in [0.25, 0.3) is 5.91 Å². The van der Waals surface area contributed by atoms with Crippen LogP contribution in [0, 0.1) is 0 Å². The molecule has 4 N–H and O–H groups in total. The van der Waals surface area contributed by atoms with Gasteiger partial charge < -0.3 is 21.3 Å². The van der Waals surface area contributed by atoms with E-state index in [0.29, 0.717) is 41.9 Å². The zero-order valence-corrected chi connectivity index (χ0v) is 21.6. The van der Waals surface area contributed by atoms with E-state index in [0.717, 1.165) is 44.3 Å². The van der Waals surface area contributed by atoms with Crippen molar-refractivity contribution in [2.45, 2.75) is 31.5 Å². The summed E-state index contributed by atoms with van der Waals surface area (Å²) >= 11 is 0. The van der Waals surface area contributed by atoms with Crippen LogP contribution in [0.15, 0.2) is 87.6 Å². The normalized spacial score (nSPS) is 21.5. The minimum absolute atomic E-state index is 0.191. The van der Waals surface area contributed by atoms with Crippen molar-refractivity contribution in [1.29, 1.82) is 0 Å². The smallest absolute Gasteiger partial charge is 0.382 e. The average Bonchev–Trinajstić information content (AvgIpc) is 3.17. The van der Waals surface area contributed by atoms with Crippen LogP contribution in [-0.2, 0) is 11.0 Å². The van der Waals surface area contributed by atoms with Crippen molar-refractivity contribution in [2.24, 2.45) is 15.7 Å². The number of hydrogen-bond donors (Lipinski definition) is 3. The molecule has 1 aromatic rings. The number of nitrogens with zero attached hydrogens (tertiary/aromatic N) is 5. The summed E-state index contributed by atoms with van der Waals surface area (Å²) in [6, 6.07) is 2.05. The van der Waals surface area contributed by atoms with Gasteiger partial charge in [0.05, 0.1) is 17.9 Å². The molecule has 0 spiro atoms. The van der Waals surface area contributed by atoms with E-state index in [9.17, 15) is 18.0 Å². The van der Waals surface area contributed by atoms with Gasteiger partial charge in [-0.25, -0.2) is 9.98 Å². The molecule has 1 saturated heterocycles. The number of amidine groups is 1. The number of carbonyl (C=O) groups excluding carboxylic acids is 1. The molecular formula is C27H31F3N8O. The van der Waals surface area contributed by atoms with Crippen LogP contribution in [-0.4, -0.2) is 66.1 Å². The van der Waals surface area contributed by atoms with E-state index in [1.807, 2.05) is 24.2 Å². The van der Waals surface area contributed by atoms with Crippen LogP contribution in [0.4, 0.5) is 19.0 Å². The summed E-state index contributed by atoms with van der Waals surface area (Å²) in [5.74, 6) is -0.480. The lowest BCUT2D eigenvalue weighted by Crippen LogP contribution is -2.48. The number of aromatic nitrogens is 1. The van der Waals surface area contributed by atoms with Gasteiger partial charge in [0.15, 0.2) is 0 Å². The third-order valence-electron chi connectivity index (χ3n) is 6.62. The standard InChI is InChI=1S/C27H31F3N8O/c1-32-21-7-4-13-37(16-21)17-38-14-12-35-25(31)24(38)23(33-2)18-5-3-6-19(9-8-18)26(39)36-22-15-20(10-11-34-22)27(28,29)30/h5-6,8-12,14-15,21,32H,2-4,7,13,16-17H2,1H3,(H2,31,35)(H,34,36,39)/b24-23-. The maximum atomic E-state index is 13.0. The molecule has 3 heterocycles. The van der Waals surface area contributed by atoms with Crippen LogP contribution in [0.3, 0.4) is 0 Å². The Morgan fingerprint density at radius 3 is 2.79 bits per heavy atom. The fourth-order valence-electron chi connectivity index (χ4n) is 4.63. The largest absolute Gasteiger partial charge is 0.416 e. The Morgan fingerprint density at radius 2 is 2.05 bits per heavy atom. The number of alkyl halides is 3. The summed E-state index contributed by atoms with van der Waals surface area (Å²) in [6.07, 6.45) is 9.35. The molecular weight excluding hydrogens is 509 g/mol. The lowest BCUT2D eigenvalue weighted by molar-refractivity contribution is -0.137. The Hall–Kier alpha value is -4.03. The predicted molar refractivity (Wildman–Crippen MR) is 145 cm³/mol. The number of halogens is 3. The number of aliphatic imine (C=N–C) groups is 2. The molecule has 12 heteroatoms. The highest BCUT2D eigenvalue weighted by Crippen LogP contribution is 2.30. The number of hydrogen-bond acceptors (Lipinski definition) is 8. The molecule has 39 heavy (non-hydrogen) atoms. The molecule has 1 fully saturated rings. The molecule has 3 aliphatic rings. The second-order valence-electron chi connectivity index (χ2n) is 9.25. The minimum atomic E-state index is -4.54. The Morgan fingerprint density at radius 1 is 1.28 bits per heavy atom. The first-order valence-corrected chi connectivity index (χ1v) is 12.5. The Labute approximate surface area is 225 Å². The summed E-state index contributed by atoms with van der Waals surface area (Å²) < 4.78 is 39.1. The van der Waals surface area contributed by atoms with Crippen LogP contribution in [0.1, 0.15) is 24.8 Å². The number of rotatable bonds is 7. The molecule has 0 saturated carbocycles. The maximum absolute atomic E-state index is 13.0. The zero-order chi connectivity index (χ0) is 28.0. The second-order valence-corrected chi connectivity index (χ2v) is 9.25. The number of likely N-dealkylation sites (N-methyl/N-ethyl adjacent to an activating group) is 1. The van der Waals surface area contributed by atoms with Gasteiger partial charge in [-0.2, -0.15) is 13.2 Å². The lowest BCUT2D eigenvalue weighted by atomic mass is 10.1. The third kappa shape index (κ3) is 6.89. The number of pyridine rings is 1. The molecule has 1 aliphatic carbocycles. The van der Waals surface area contributed by atoms with Crippen LogP contribution >= 0.6 is 0 Å². The maximum Gasteiger partial charge on any atom is 0.416 e. The van der Waals surface area contributed by atoms with E-state index < -0.39 is 17.6 Å². The van der Waals surface area contributed by atoms with Crippen molar-refractivity contribution < 1.29 is 18.0 Å². The van der Waals surface area contributed by atoms with Crippen LogP contribution in [0.2, 0.25) is 0 Å². The molecule has 1 atom stereocenters. The molecule has 1 unspecified atom stereocenters. The number of allylic oxidation sites excluding steroid dienone is 3. The van der Waals surface area contributed by atoms with Gasteiger partial charge in [-0.1, -0.05) is 18.2 Å². The molecule has 0 bridgehead atoms. The van der Waals surface area contributed by atoms with Crippen molar-refractivity contribution in [2.75, 3.05) is 32.1 Å². The fraction of sp³-hybridized carbons (Fsp3) is 0.333. The Balaban J connectivity index is 1.52. The molecule has 1 amide bonds. The second kappa shape index (κ2) is 12.2. The highest BCUT2D eigenvalue weighted by molar-refractivity contribution is 6.05. The third-order valence-corrected chi connectivity index (χ3v) is 6.62. The molecule has 206 valence electrons. The minimum Gasteiger partial charge on any atom is -0.382 e. The molecule has 4 rings (SSSR count). The van der Waals surface area contributed by atoms with Crippen molar-refractivity contribution in [3.05, 3.63) is 83.1 Å². The van der Waals surface area contributed by atoms with E-state index in [-0.39, 0.29) is 11.4 Å². The summed E-state index contributed by atoms with van der Waals surface area (Å²) in [6.45, 7) is 6.20. The molecule has 1 aromatic heterocycles. The van der Waals surface area contributed by atoms with Gasteiger partial charge in [-0.3, -0.25) is 14.7 Å². The first kappa shape index (κ1) is 28.0. The number of nitrogens with one attached hydrogen (secondary N) is 2. The van der Waals surface area contributed by atoms with E-state index >= 15 is 0 Å². The SMILES string of the molecule is C=N/C(C1=CCC=C(C(=O)Nc2cc(C(F)(F)F)ccn2)C=C1)=C1/C(N)=NC=CN1CN1CCCC(NC)C1. The summed E-state index contributed by atoms with van der Waals surface area (Å²) in [5.41, 5.74) is 7.49.